The number of anilines is 1. The molecular formula is C16H24N2O6. The van der Waals surface area contributed by atoms with Gasteiger partial charge in [0.15, 0.2) is 17.3 Å². The SMILES string of the molecule is COc1cc(NC(=O)NCC2COC(C)(C)O2)cc(OC)c1OC. The highest BCUT2D eigenvalue weighted by molar-refractivity contribution is 5.90. The number of hydrogen-bond acceptors (Lipinski definition) is 6. The van der Waals surface area contributed by atoms with Gasteiger partial charge in [0.25, 0.3) is 0 Å². The average molecular weight is 340 g/mol. The lowest BCUT2D eigenvalue weighted by Gasteiger charge is -2.17. The Balaban J connectivity index is 1.96. The van der Waals surface area contributed by atoms with Crippen LogP contribution in [0, 0.1) is 0 Å². The lowest BCUT2D eigenvalue weighted by molar-refractivity contribution is -0.137. The summed E-state index contributed by atoms with van der Waals surface area (Å²) in [6, 6.07) is 2.94. The molecule has 8 heteroatoms. The Hall–Kier alpha value is -2.19. The smallest absolute Gasteiger partial charge is 0.319 e. The van der Waals surface area contributed by atoms with E-state index in [1.165, 1.54) is 21.3 Å². The summed E-state index contributed by atoms with van der Waals surface area (Å²) >= 11 is 0. The largest absolute Gasteiger partial charge is 0.493 e. The minimum Gasteiger partial charge on any atom is -0.493 e. The molecule has 8 nitrogen and oxygen atoms in total. The first kappa shape index (κ1) is 18.2. The Bertz CT molecular complexity index is 565. The van der Waals surface area contributed by atoms with E-state index in [-0.39, 0.29) is 12.1 Å². The Morgan fingerprint density at radius 1 is 1.21 bits per heavy atom. The van der Waals surface area contributed by atoms with E-state index in [4.69, 9.17) is 23.7 Å². The molecule has 1 aliphatic rings. The number of hydrogen-bond donors (Lipinski definition) is 2. The lowest BCUT2D eigenvalue weighted by Crippen LogP contribution is -2.37. The van der Waals surface area contributed by atoms with Crippen LogP contribution in [0.4, 0.5) is 10.5 Å². The van der Waals surface area contributed by atoms with Gasteiger partial charge in [-0.25, -0.2) is 4.79 Å². The van der Waals surface area contributed by atoms with E-state index < -0.39 is 5.79 Å². The van der Waals surface area contributed by atoms with Gasteiger partial charge in [0.2, 0.25) is 5.75 Å². The zero-order chi connectivity index (χ0) is 17.7. The van der Waals surface area contributed by atoms with Crippen molar-refractivity contribution in [2.75, 3.05) is 39.8 Å². The highest BCUT2D eigenvalue weighted by Gasteiger charge is 2.32. The molecule has 1 aliphatic heterocycles. The Labute approximate surface area is 141 Å². The summed E-state index contributed by atoms with van der Waals surface area (Å²) in [6.45, 7) is 4.46. The molecule has 1 fully saturated rings. The van der Waals surface area contributed by atoms with E-state index in [2.05, 4.69) is 10.6 Å². The monoisotopic (exact) mass is 340 g/mol. The molecule has 0 radical (unpaired) electrons. The number of benzene rings is 1. The lowest BCUT2D eigenvalue weighted by atomic mass is 10.2. The summed E-state index contributed by atoms with van der Waals surface area (Å²) in [4.78, 5) is 12.1. The summed E-state index contributed by atoms with van der Waals surface area (Å²) in [5, 5.41) is 5.47. The van der Waals surface area contributed by atoms with Crippen LogP contribution in [0.25, 0.3) is 0 Å². The number of methoxy groups -OCH3 is 3. The van der Waals surface area contributed by atoms with Crippen molar-refractivity contribution in [3.8, 4) is 17.2 Å². The molecule has 2 amide bonds. The van der Waals surface area contributed by atoms with Gasteiger partial charge in [0, 0.05) is 18.7 Å². The van der Waals surface area contributed by atoms with E-state index in [9.17, 15) is 4.79 Å². The molecule has 0 aliphatic carbocycles. The molecule has 0 bridgehead atoms. The third-order valence-corrected chi connectivity index (χ3v) is 3.48. The van der Waals surface area contributed by atoms with E-state index in [0.717, 1.165) is 0 Å². The molecule has 1 heterocycles. The van der Waals surface area contributed by atoms with Crippen LogP contribution in [0.2, 0.25) is 0 Å². The van der Waals surface area contributed by atoms with Crippen molar-refractivity contribution in [3.63, 3.8) is 0 Å². The van der Waals surface area contributed by atoms with Crippen molar-refractivity contribution >= 4 is 11.7 Å². The van der Waals surface area contributed by atoms with Crippen LogP contribution in [-0.4, -0.2) is 52.4 Å². The summed E-state index contributed by atoms with van der Waals surface area (Å²) in [5.74, 6) is 0.770. The number of carbonyl (C=O) groups excluding carboxylic acids is 1. The molecule has 24 heavy (non-hydrogen) atoms. The predicted molar refractivity (Wildman–Crippen MR) is 88.0 cm³/mol. The first-order valence-corrected chi connectivity index (χ1v) is 7.55. The zero-order valence-corrected chi connectivity index (χ0v) is 14.6. The normalized spacial score (nSPS) is 18.8. The van der Waals surface area contributed by atoms with Crippen molar-refractivity contribution in [2.24, 2.45) is 0 Å². The maximum atomic E-state index is 12.1. The Morgan fingerprint density at radius 3 is 2.29 bits per heavy atom. The molecule has 0 spiro atoms. The Morgan fingerprint density at radius 2 is 1.83 bits per heavy atom. The first-order valence-electron chi connectivity index (χ1n) is 7.55. The number of urea groups is 1. The predicted octanol–water partition coefficient (Wildman–Crippen LogP) is 1.99. The molecule has 2 N–H and O–H groups in total. The molecule has 1 atom stereocenters. The Kier molecular flexibility index (Phi) is 5.74. The molecule has 0 aromatic heterocycles. The fourth-order valence-electron chi connectivity index (χ4n) is 2.40. The van der Waals surface area contributed by atoms with Gasteiger partial charge in [0.05, 0.1) is 33.6 Å². The summed E-state index contributed by atoms with van der Waals surface area (Å²) in [6.07, 6.45) is -0.175. The number of nitrogens with one attached hydrogen (secondary N) is 2. The highest BCUT2D eigenvalue weighted by atomic mass is 16.7. The van der Waals surface area contributed by atoms with Crippen molar-refractivity contribution in [3.05, 3.63) is 12.1 Å². The number of carbonyl (C=O) groups is 1. The minimum absolute atomic E-state index is 0.175. The van der Waals surface area contributed by atoms with Crippen molar-refractivity contribution in [2.45, 2.75) is 25.7 Å². The van der Waals surface area contributed by atoms with Crippen LogP contribution in [0.5, 0.6) is 17.2 Å². The molecule has 1 saturated heterocycles. The van der Waals surface area contributed by atoms with E-state index >= 15 is 0 Å². The van der Waals surface area contributed by atoms with E-state index in [0.29, 0.717) is 36.1 Å². The quantitative estimate of drug-likeness (QED) is 0.823. The second-order valence-electron chi connectivity index (χ2n) is 5.70. The number of amides is 2. The van der Waals surface area contributed by atoms with Gasteiger partial charge in [-0.1, -0.05) is 0 Å². The van der Waals surface area contributed by atoms with Crippen LogP contribution in [0.3, 0.4) is 0 Å². The summed E-state index contributed by atoms with van der Waals surface area (Å²) in [7, 11) is 4.55. The standard InChI is InChI=1S/C16H24N2O6/c1-16(2)23-9-11(24-16)8-17-15(19)18-10-6-12(20-3)14(22-5)13(7-10)21-4/h6-7,11H,8-9H2,1-5H3,(H2,17,18,19). The maximum Gasteiger partial charge on any atom is 0.319 e. The van der Waals surface area contributed by atoms with E-state index in [1.54, 1.807) is 12.1 Å². The van der Waals surface area contributed by atoms with Crippen molar-refractivity contribution < 1.29 is 28.5 Å². The molecule has 2 rings (SSSR count). The van der Waals surface area contributed by atoms with Gasteiger partial charge in [-0.3, -0.25) is 0 Å². The minimum atomic E-state index is -0.612. The third-order valence-electron chi connectivity index (χ3n) is 3.48. The van der Waals surface area contributed by atoms with E-state index in [1.807, 2.05) is 13.8 Å². The zero-order valence-electron chi connectivity index (χ0n) is 14.6. The summed E-state index contributed by atoms with van der Waals surface area (Å²) < 4.78 is 26.8. The topological polar surface area (TPSA) is 87.3 Å². The second kappa shape index (κ2) is 7.59. The van der Waals surface area contributed by atoms with Crippen LogP contribution >= 0.6 is 0 Å². The van der Waals surface area contributed by atoms with Crippen molar-refractivity contribution in [1.29, 1.82) is 0 Å². The average Bonchev–Trinajstić information content (AvgIpc) is 2.91. The third kappa shape index (κ3) is 4.42. The fourth-order valence-corrected chi connectivity index (χ4v) is 2.40. The van der Waals surface area contributed by atoms with Crippen molar-refractivity contribution in [1.82, 2.24) is 5.32 Å². The second-order valence-corrected chi connectivity index (χ2v) is 5.70. The molecule has 0 saturated carbocycles. The molecular weight excluding hydrogens is 316 g/mol. The van der Waals surface area contributed by atoms with Crippen LogP contribution in [0.15, 0.2) is 12.1 Å². The molecule has 1 aromatic carbocycles. The van der Waals surface area contributed by atoms with Crippen LogP contribution in [-0.2, 0) is 9.47 Å². The fraction of sp³-hybridized carbons (Fsp3) is 0.562. The van der Waals surface area contributed by atoms with Gasteiger partial charge in [-0.05, 0) is 13.8 Å². The summed E-state index contributed by atoms with van der Waals surface area (Å²) in [5.41, 5.74) is 0.519. The highest BCUT2D eigenvalue weighted by Crippen LogP contribution is 2.39. The number of ether oxygens (including phenoxy) is 5. The van der Waals surface area contributed by atoms with Gasteiger partial charge < -0.3 is 34.3 Å². The molecule has 1 unspecified atom stereocenters. The molecule has 1 aromatic rings. The van der Waals surface area contributed by atoms with Crippen LogP contribution < -0.4 is 24.8 Å². The van der Waals surface area contributed by atoms with Gasteiger partial charge in [-0.2, -0.15) is 0 Å². The first-order chi connectivity index (χ1) is 11.4. The maximum absolute atomic E-state index is 12.1. The van der Waals surface area contributed by atoms with Gasteiger partial charge in [0.1, 0.15) is 6.10 Å². The number of rotatable bonds is 6. The molecule has 134 valence electrons. The van der Waals surface area contributed by atoms with Gasteiger partial charge >= 0.3 is 6.03 Å². The van der Waals surface area contributed by atoms with Crippen LogP contribution in [0.1, 0.15) is 13.8 Å². The van der Waals surface area contributed by atoms with Gasteiger partial charge in [-0.15, -0.1) is 0 Å².